The molecule has 1 amide bonds. The summed E-state index contributed by atoms with van der Waals surface area (Å²) in [5.74, 6) is 0.785. The number of hydrogen-bond donors (Lipinski definition) is 0. The maximum absolute atomic E-state index is 13.1. The predicted molar refractivity (Wildman–Crippen MR) is 109 cm³/mol. The molecule has 4 aromatic rings. The molecule has 0 spiro atoms. The predicted octanol–water partition coefficient (Wildman–Crippen LogP) is 4.57. The fourth-order valence-electron chi connectivity index (χ4n) is 4.03. The molecule has 1 fully saturated rings. The van der Waals surface area contributed by atoms with Crippen LogP contribution in [0.5, 0.6) is 0 Å². The Kier molecular flexibility index (Phi) is 4.31. The van der Waals surface area contributed by atoms with Gasteiger partial charge in [-0.2, -0.15) is 0 Å². The van der Waals surface area contributed by atoms with Crippen LogP contribution in [0, 0.1) is 6.92 Å². The Morgan fingerprint density at radius 1 is 1.10 bits per heavy atom. The molecule has 0 bridgehead atoms. The number of carbonyl (C=O) groups excluding carboxylic acids is 1. The highest BCUT2D eigenvalue weighted by Crippen LogP contribution is 2.33. The second kappa shape index (κ2) is 7.13. The second-order valence-corrected chi connectivity index (χ2v) is 7.33. The van der Waals surface area contributed by atoms with Crippen LogP contribution >= 0.6 is 0 Å². The minimum absolute atomic E-state index is 0.0206. The van der Waals surface area contributed by atoms with Gasteiger partial charge in [-0.3, -0.25) is 14.8 Å². The Labute approximate surface area is 168 Å². The highest BCUT2D eigenvalue weighted by Gasteiger charge is 2.32. The number of aromatic nitrogens is 3. The largest absolute Gasteiger partial charge is 0.361 e. The molecule has 29 heavy (non-hydrogen) atoms. The van der Waals surface area contributed by atoms with Crippen LogP contribution in [-0.4, -0.2) is 32.5 Å². The number of hydrogen-bond acceptors (Lipinski definition) is 5. The standard InChI is InChI=1S/C23H20N4O2/c1-15-14-20(26-29-15)21-5-3-13-27(21)23(28)17-8-6-16(7-9-17)22-18-4-2-11-24-19(18)10-12-25-22/h2,4,6-12,14,21H,3,5,13H2,1H3. The fraction of sp³-hybridized carbons (Fsp3) is 0.217. The molecule has 1 aliphatic rings. The van der Waals surface area contributed by atoms with E-state index in [-0.39, 0.29) is 11.9 Å². The van der Waals surface area contributed by atoms with Gasteiger partial charge in [-0.05, 0) is 50.1 Å². The van der Waals surface area contributed by atoms with Crippen LogP contribution in [0.2, 0.25) is 0 Å². The van der Waals surface area contributed by atoms with Crippen LogP contribution in [0.25, 0.3) is 22.2 Å². The number of aryl methyl sites for hydroxylation is 1. The van der Waals surface area contributed by atoms with Crippen molar-refractivity contribution in [2.75, 3.05) is 6.54 Å². The number of fused-ring (bicyclic) bond motifs is 1. The summed E-state index contributed by atoms with van der Waals surface area (Å²) in [6.07, 6.45) is 5.41. The Bertz CT molecular complexity index is 1180. The maximum atomic E-state index is 13.1. The number of benzene rings is 1. The van der Waals surface area contributed by atoms with E-state index in [1.165, 1.54) is 0 Å². The molecule has 1 aromatic carbocycles. The lowest BCUT2D eigenvalue weighted by atomic mass is 10.0. The van der Waals surface area contributed by atoms with Crippen LogP contribution in [0.3, 0.4) is 0 Å². The zero-order valence-corrected chi connectivity index (χ0v) is 16.1. The van der Waals surface area contributed by atoms with Crippen molar-refractivity contribution in [1.29, 1.82) is 0 Å². The number of carbonyl (C=O) groups is 1. The molecular formula is C23H20N4O2. The third kappa shape index (κ3) is 3.16. The summed E-state index contributed by atoms with van der Waals surface area (Å²) < 4.78 is 5.21. The van der Waals surface area contributed by atoms with Gasteiger partial charge in [0.15, 0.2) is 0 Å². The highest BCUT2D eigenvalue weighted by atomic mass is 16.5. The van der Waals surface area contributed by atoms with Crippen molar-refractivity contribution >= 4 is 16.8 Å². The Morgan fingerprint density at radius 2 is 1.97 bits per heavy atom. The quantitative estimate of drug-likeness (QED) is 0.517. The van der Waals surface area contributed by atoms with E-state index in [4.69, 9.17) is 4.52 Å². The van der Waals surface area contributed by atoms with E-state index >= 15 is 0 Å². The normalized spacial score (nSPS) is 16.4. The summed E-state index contributed by atoms with van der Waals surface area (Å²) >= 11 is 0. The van der Waals surface area contributed by atoms with Gasteiger partial charge in [0.05, 0.1) is 17.3 Å². The fourth-order valence-corrected chi connectivity index (χ4v) is 4.03. The second-order valence-electron chi connectivity index (χ2n) is 7.33. The van der Waals surface area contributed by atoms with Gasteiger partial charge in [0, 0.05) is 41.5 Å². The third-order valence-corrected chi connectivity index (χ3v) is 5.44. The Balaban J connectivity index is 1.43. The van der Waals surface area contributed by atoms with E-state index in [9.17, 15) is 4.79 Å². The van der Waals surface area contributed by atoms with Crippen LogP contribution < -0.4 is 0 Å². The molecule has 4 heterocycles. The van der Waals surface area contributed by atoms with Crippen LogP contribution in [0.4, 0.5) is 0 Å². The molecule has 6 heteroatoms. The minimum atomic E-state index is -0.0227. The lowest BCUT2D eigenvalue weighted by Crippen LogP contribution is -2.30. The van der Waals surface area contributed by atoms with Crippen molar-refractivity contribution in [2.24, 2.45) is 0 Å². The van der Waals surface area contributed by atoms with E-state index in [0.717, 1.165) is 53.0 Å². The van der Waals surface area contributed by atoms with Gasteiger partial charge in [0.2, 0.25) is 0 Å². The molecule has 0 aliphatic carbocycles. The first kappa shape index (κ1) is 17.6. The summed E-state index contributed by atoms with van der Waals surface area (Å²) in [4.78, 5) is 24.0. The summed E-state index contributed by atoms with van der Waals surface area (Å²) in [6, 6.07) is 15.4. The van der Waals surface area contributed by atoms with Gasteiger partial charge in [-0.15, -0.1) is 0 Å². The lowest BCUT2D eigenvalue weighted by molar-refractivity contribution is 0.0731. The molecule has 5 rings (SSSR count). The van der Waals surface area contributed by atoms with Crippen LogP contribution in [-0.2, 0) is 0 Å². The highest BCUT2D eigenvalue weighted by molar-refractivity contribution is 5.96. The number of rotatable bonds is 3. The van der Waals surface area contributed by atoms with Gasteiger partial charge < -0.3 is 9.42 Å². The zero-order valence-electron chi connectivity index (χ0n) is 16.1. The molecule has 1 aliphatic heterocycles. The Morgan fingerprint density at radius 3 is 2.76 bits per heavy atom. The smallest absolute Gasteiger partial charge is 0.254 e. The number of nitrogens with zero attached hydrogens (tertiary/aromatic N) is 4. The molecule has 0 N–H and O–H groups in total. The van der Waals surface area contributed by atoms with Crippen LogP contribution in [0.15, 0.2) is 65.4 Å². The molecule has 6 nitrogen and oxygen atoms in total. The molecule has 1 atom stereocenters. The molecule has 3 aromatic heterocycles. The molecule has 1 unspecified atom stereocenters. The first-order chi connectivity index (χ1) is 14.2. The van der Waals surface area contributed by atoms with Crippen molar-refractivity contribution in [2.45, 2.75) is 25.8 Å². The summed E-state index contributed by atoms with van der Waals surface area (Å²) in [5.41, 5.74) is 4.23. The van der Waals surface area contributed by atoms with Crippen molar-refractivity contribution in [3.63, 3.8) is 0 Å². The first-order valence-electron chi connectivity index (χ1n) is 9.75. The van der Waals surface area contributed by atoms with E-state index < -0.39 is 0 Å². The van der Waals surface area contributed by atoms with Crippen molar-refractivity contribution in [3.8, 4) is 11.3 Å². The van der Waals surface area contributed by atoms with Gasteiger partial charge in [-0.25, -0.2) is 0 Å². The summed E-state index contributed by atoms with van der Waals surface area (Å²) in [5, 5.41) is 5.12. The number of amides is 1. The van der Waals surface area contributed by atoms with Gasteiger partial charge in [0.25, 0.3) is 5.91 Å². The first-order valence-corrected chi connectivity index (χ1v) is 9.75. The lowest BCUT2D eigenvalue weighted by Gasteiger charge is -2.23. The SMILES string of the molecule is Cc1cc(C2CCCN2C(=O)c2ccc(-c3nccc4ncccc34)cc2)no1. The summed E-state index contributed by atoms with van der Waals surface area (Å²) in [6.45, 7) is 2.60. The number of likely N-dealkylation sites (tertiary alicyclic amines) is 1. The van der Waals surface area contributed by atoms with Gasteiger partial charge in [-0.1, -0.05) is 17.3 Å². The molecule has 0 saturated carbocycles. The molecule has 1 saturated heterocycles. The Hall–Kier alpha value is -3.54. The van der Waals surface area contributed by atoms with E-state index in [1.807, 2.05) is 60.4 Å². The minimum Gasteiger partial charge on any atom is -0.361 e. The molecular weight excluding hydrogens is 364 g/mol. The van der Waals surface area contributed by atoms with Gasteiger partial charge in [0.1, 0.15) is 11.5 Å². The average molecular weight is 384 g/mol. The van der Waals surface area contributed by atoms with E-state index in [1.54, 1.807) is 12.4 Å². The summed E-state index contributed by atoms with van der Waals surface area (Å²) in [7, 11) is 0. The number of pyridine rings is 2. The van der Waals surface area contributed by atoms with Crippen molar-refractivity contribution < 1.29 is 9.32 Å². The topological polar surface area (TPSA) is 72.1 Å². The van der Waals surface area contributed by atoms with E-state index in [2.05, 4.69) is 15.1 Å². The average Bonchev–Trinajstić information content (AvgIpc) is 3.42. The molecule has 144 valence electrons. The zero-order chi connectivity index (χ0) is 19.8. The van der Waals surface area contributed by atoms with Crippen molar-refractivity contribution in [3.05, 3.63) is 77.9 Å². The van der Waals surface area contributed by atoms with E-state index in [0.29, 0.717) is 5.56 Å². The van der Waals surface area contributed by atoms with Gasteiger partial charge >= 0.3 is 0 Å². The monoisotopic (exact) mass is 384 g/mol. The van der Waals surface area contributed by atoms with Crippen molar-refractivity contribution in [1.82, 2.24) is 20.0 Å². The third-order valence-electron chi connectivity index (χ3n) is 5.44. The maximum Gasteiger partial charge on any atom is 0.254 e. The van der Waals surface area contributed by atoms with Crippen LogP contribution in [0.1, 0.15) is 40.7 Å². The molecule has 0 radical (unpaired) electrons.